The van der Waals surface area contributed by atoms with Gasteiger partial charge >= 0.3 is 0 Å². The molecule has 0 radical (unpaired) electrons. The number of anilines is 1. The number of nitrogens with one attached hydrogen (secondary N) is 2. The Balaban J connectivity index is 1.59. The van der Waals surface area contributed by atoms with Crippen LogP contribution < -0.4 is 10.6 Å². The van der Waals surface area contributed by atoms with Crippen LogP contribution in [-0.2, 0) is 6.42 Å². The van der Waals surface area contributed by atoms with E-state index < -0.39 is 12.0 Å². The van der Waals surface area contributed by atoms with Crippen LogP contribution in [0.15, 0.2) is 78.9 Å². The molecule has 3 rings (SSSR count). The Morgan fingerprint density at radius 3 is 2.39 bits per heavy atom. The summed E-state index contributed by atoms with van der Waals surface area (Å²) in [6, 6.07) is 22.9. The lowest BCUT2D eigenvalue weighted by atomic mass is 10.1. The number of aliphatic hydroxyl groups is 1. The van der Waals surface area contributed by atoms with E-state index in [2.05, 4.69) is 22.8 Å². The molecule has 0 spiro atoms. The third-order valence-electron chi connectivity index (χ3n) is 4.43. The minimum Gasteiger partial charge on any atom is -0.369 e. The van der Waals surface area contributed by atoms with Gasteiger partial charge in [-0.15, -0.1) is 0 Å². The van der Waals surface area contributed by atoms with E-state index in [1.54, 1.807) is 36.4 Å². The Bertz CT molecular complexity index is 915. The van der Waals surface area contributed by atoms with E-state index in [0.717, 1.165) is 12.8 Å². The van der Waals surface area contributed by atoms with Gasteiger partial charge in [-0.1, -0.05) is 60.7 Å². The topological polar surface area (TPSA) is 61.4 Å². The van der Waals surface area contributed by atoms with Crippen LogP contribution in [-0.4, -0.2) is 17.6 Å². The van der Waals surface area contributed by atoms with Crippen molar-refractivity contribution in [3.63, 3.8) is 0 Å². The monoisotopic (exact) mass is 378 g/mol. The van der Waals surface area contributed by atoms with Crippen molar-refractivity contribution in [2.75, 3.05) is 11.9 Å². The van der Waals surface area contributed by atoms with Crippen LogP contribution in [0.1, 0.15) is 34.1 Å². The zero-order chi connectivity index (χ0) is 19.8. The molecular weight excluding hydrogens is 355 g/mol. The molecule has 1 atom stereocenters. The van der Waals surface area contributed by atoms with Crippen molar-refractivity contribution < 1.29 is 14.3 Å². The van der Waals surface area contributed by atoms with Gasteiger partial charge in [-0.2, -0.15) is 0 Å². The Morgan fingerprint density at radius 1 is 0.929 bits per heavy atom. The Kier molecular flexibility index (Phi) is 6.76. The molecule has 3 N–H and O–H groups in total. The van der Waals surface area contributed by atoms with Crippen LogP contribution in [0.5, 0.6) is 0 Å². The fourth-order valence-corrected chi connectivity index (χ4v) is 2.96. The lowest BCUT2D eigenvalue weighted by molar-refractivity contribution is 0.0953. The second-order valence-corrected chi connectivity index (χ2v) is 6.46. The molecule has 0 heterocycles. The Hall–Kier alpha value is -3.18. The van der Waals surface area contributed by atoms with Crippen LogP contribution in [0, 0.1) is 5.82 Å². The van der Waals surface area contributed by atoms with Gasteiger partial charge in [0, 0.05) is 17.8 Å². The summed E-state index contributed by atoms with van der Waals surface area (Å²) in [5, 5.41) is 16.0. The first kappa shape index (κ1) is 19.6. The molecule has 5 heteroatoms. The lowest BCUT2D eigenvalue weighted by Gasteiger charge is -2.18. The molecule has 0 aliphatic rings. The normalized spacial score (nSPS) is 11.6. The van der Waals surface area contributed by atoms with E-state index in [1.807, 2.05) is 18.2 Å². The molecule has 0 aliphatic carbocycles. The zero-order valence-corrected chi connectivity index (χ0v) is 15.4. The number of aliphatic hydroxyl groups excluding tert-OH is 1. The van der Waals surface area contributed by atoms with Crippen molar-refractivity contribution in [2.24, 2.45) is 0 Å². The van der Waals surface area contributed by atoms with E-state index in [-0.39, 0.29) is 11.5 Å². The first-order valence-corrected chi connectivity index (χ1v) is 9.25. The summed E-state index contributed by atoms with van der Waals surface area (Å²) >= 11 is 0. The fraction of sp³-hybridized carbons (Fsp3) is 0.174. The molecule has 0 saturated carbocycles. The molecule has 28 heavy (non-hydrogen) atoms. The first-order valence-electron chi connectivity index (χ1n) is 9.25. The molecule has 0 saturated heterocycles. The molecule has 0 aliphatic heterocycles. The highest BCUT2D eigenvalue weighted by atomic mass is 19.1. The number of halogens is 1. The van der Waals surface area contributed by atoms with Gasteiger partial charge in [0.05, 0.1) is 5.56 Å². The number of rotatable bonds is 8. The van der Waals surface area contributed by atoms with E-state index in [0.29, 0.717) is 17.8 Å². The minimum atomic E-state index is -1.26. The number of hydrogen-bond acceptors (Lipinski definition) is 3. The van der Waals surface area contributed by atoms with Gasteiger partial charge < -0.3 is 15.7 Å². The average Bonchev–Trinajstić information content (AvgIpc) is 2.72. The van der Waals surface area contributed by atoms with Crippen LogP contribution in [0.2, 0.25) is 0 Å². The number of aryl methyl sites for hydroxylation is 1. The third kappa shape index (κ3) is 5.18. The largest absolute Gasteiger partial charge is 0.369 e. The van der Waals surface area contributed by atoms with E-state index in [4.69, 9.17) is 0 Å². The Labute approximate surface area is 164 Å². The van der Waals surface area contributed by atoms with Crippen LogP contribution in [0.25, 0.3) is 0 Å². The highest BCUT2D eigenvalue weighted by Crippen LogP contribution is 2.22. The smallest absolute Gasteiger partial charge is 0.253 e. The maximum absolute atomic E-state index is 13.9. The zero-order valence-electron chi connectivity index (χ0n) is 15.4. The van der Waals surface area contributed by atoms with Crippen molar-refractivity contribution in [2.45, 2.75) is 19.1 Å². The predicted molar refractivity (Wildman–Crippen MR) is 109 cm³/mol. The first-order chi connectivity index (χ1) is 13.6. The number of hydrogen-bond donors (Lipinski definition) is 3. The number of carbonyl (C=O) groups excluding carboxylic acids is 1. The summed E-state index contributed by atoms with van der Waals surface area (Å²) < 4.78 is 13.9. The number of benzene rings is 3. The van der Waals surface area contributed by atoms with Crippen LogP contribution in [0.4, 0.5) is 10.1 Å². The van der Waals surface area contributed by atoms with Gasteiger partial charge in [0.2, 0.25) is 0 Å². The summed E-state index contributed by atoms with van der Waals surface area (Å²) in [5.41, 5.74) is 2.20. The molecule has 3 aromatic rings. The van der Waals surface area contributed by atoms with Crippen molar-refractivity contribution in [3.05, 3.63) is 101 Å². The van der Waals surface area contributed by atoms with Crippen LogP contribution in [0.3, 0.4) is 0 Å². The number of para-hydroxylation sites is 1. The Morgan fingerprint density at radius 2 is 1.61 bits per heavy atom. The molecule has 0 fully saturated rings. The molecule has 0 bridgehead atoms. The van der Waals surface area contributed by atoms with E-state index in [1.165, 1.54) is 17.7 Å². The molecule has 1 unspecified atom stereocenters. The summed E-state index contributed by atoms with van der Waals surface area (Å²) in [4.78, 5) is 12.6. The van der Waals surface area contributed by atoms with Gasteiger partial charge in [0.25, 0.3) is 5.91 Å². The molecule has 4 nitrogen and oxygen atoms in total. The van der Waals surface area contributed by atoms with Crippen molar-refractivity contribution >= 4 is 11.6 Å². The molecule has 144 valence electrons. The third-order valence-corrected chi connectivity index (χ3v) is 4.43. The maximum Gasteiger partial charge on any atom is 0.253 e. The van der Waals surface area contributed by atoms with E-state index in [9.17, 15) is 14.3 Å². The number of carbonyl (C=O) groups is 1. The summed E-state index contributed by atoms with van der Waals surface area (Å²) in [6.45, 7) is 0.540. The van der Waals surface area contributed by atoms with Crippen molar-refractivity contribution in [1.82, 2.24) is 5.32 Å². The molecule has 1 amide bonds. The molecule has 3 aromatic carbocycles. The van der Waals surface area contributed by atoms with Crippen molar-refractivity contribution in [1.29, 1.82) is 0 Å². The second kappa shape index (κ2) is 9.67. The molecule has 0 aromatic heterocycles. The minimum absolute atomic E-state index is 0.126. The lowest BCUT2D eigenvalue weighted by Crippen LogP contribution is -2.26. The average molecular weight is 378 g/mol. The summed E-state index contributed by atoms with van der Waals surface area (Å²) in [5.74, 6) is -0.748. The van der Waals surface area contributed by atoms with Crippen LogP contribution >= 0.6 is 0 Å². The van der Waals surface area contributed by atoms with Gasteiger partial charge in [-0.3, -0.25) is 4.79 Å². The van der Waals surface area contributed by atoms with Gasteiger partial charge in [0.15, 0.2) is 6.23 Å². The van der Waals surface area contributed by atoms with Gasteiger partial charge in [-0.05, 0) is 36.6 Å². The maximum atomic E-state index is 13.9. The molecular formula is C23H23FN2O2. The summed E-state index contributed by atoms with van der Waals surface area (Å²) in [6.07, 6.45) is 0.448. The summed E-state index contributed by atoms with van der Waals surface area (Å²) in [7, 11) is 0. The van der Waals surface area contributed by atoms with Gasteiger partial charge in [-0.25, -0.2) is 4.39 Å². The highest BCUT2D eigenvalue weighted by molar-refractivity contribution is 5.99. The highest BCUT2D eigenvalue weighted by Gasteiger charge is 2.16. The SMILES string of the molecule is O=C(NCCCc1ccccc1)c1ccccc1NC(O)c1ccccc1F. The number of amides is 1. The van der Waals surface area contributed by atoms with Gasteiger partial charge in [0.1, 0.15) is 5.82 Å². The second-order valence-electron chi connectivity index (χ2n) is 6.46. The standard InChI is InChI=1S/C23H23FN2O2/c24-20-14-6-4-12-18(20)23(28)26-21-15-7-5-13-19(21)22(27)25-16-8-11-17-9-2-1-3-10-17/h1-7,9-10,12-15,23,26,28H,8,11,16H2,(H,25,27). The fourth-order valence-electron chi connectivity index (χ4n) is 2.96. The predicted octanol–water partition coefficient (Wildman–Crippen LogP) is 4.29. The van der Waals surface area contributed by atoms with E-state index >= 15 is 0 Å². The quantitative estimate of drug-likeness (QED) is 0.405. The van der Waals surface area contributed by atoms with Crippen molar-refractivity contribution in [3.8, 4) is 0 Å².